The Labute approximate surface area is 254 Å². The summed E-state index contributed by atoms with van der Waals surface area (Å²) in [5, 5.41) is -0.408. The van der Waals surface area contributed by atoms with Gasteiger partial charge in [-0.05, 0) is 74.9 Å². The second kappa shape index (κ2) is 15.0. The highest BCUT2D eigenvalue weighted by molar-refractivity contribution is 7.99. The maximum Gasteiger partial charge on any atom is 0.325 e. The lowest BCUT2D eigenvalue weighted by atomic mass is 10.2. The molecule has 0 spiro atoms. The molecule has 2 unspecified atom stereocenters. The largest absolute Gasteiger partial charge is 0.380 e. The van der Waals surface area contributed by atoms with Crippen molar-refractivity contribution in [3.05, 3.63) is 78.4 Å². The number of halogens is 2. The van der Waals surface area contributed by atoms with E-state index in [1.807, 2.05) is 55.8 Å². The molecule has 0 saturated carbocycles. The van der Waals surface area contributed by atoms with Crippen molar-refractivity contribution in [2.75, 3.05) is 29.1 Å². The van der Waals surface area contributed by atoms with E-state index in [0.717, 1.165) is 29.7 Å². The molecule has 0 heterocycles. The fourth-order valence-electron chi connectivity index (χ4n) is 4.08. The van der Waals surface area contributed by atoms with E-state index in [2.05, 4.69) is 10.2 Å². The van der Waals surface area contributed by atoms with E-state index < -0.39 is 43.3 Å². The molecule has 0 aliphatic heterocycles. The molecule has 42 heavy (non-hydrogen) atoms. The average Bonchev–Trinajstić information content (AvgIpc) is 3.00. The van der Waals surface area contributed by atoms with Crippen LogP contribution in [0.2, 0.25) is 0 Å². The number of alkyl halides is 2. The number of carbonyl (C=O) groups is 1. The van der Waals surface area contributed by atoms with Crippen LogP contribution in [0, 0.1) is 0 Å². The Balaban J connectivity index is 1.88. The molecule has 228 valence electrons. The van der Waals surface area contributed by atoms with Gasteiger partial charge in [0.25, 0.3) is 15.9 Å². The number of carbonyl (C=O) groups excluding carboxylic acids is 1. The molecule has 0 bridgehead atoms. The first kappa shape index (κ1) is 33.5. The maximum absolute atomic E-state index is 14.6. The molecule has 0 aliphatic rings. The maximum atomic E-state index is 14.6. The molecule has 0 aliphatic carbocycles. The van der Waals surface area contributed by atoms with E-state index in [9.17, 15) is 26.2 Å². The molecule has 3 aromatic carbocycles. The summed E-state index contributed by atoms with van der Waals surface area (Å²) in [6.07, 6.45) is -0.0590. The monoisotopic (exact) mass is 637 g/mol. The Kier molecular flexibility index (Phi) is 12.0. The molecule has 1 amide bonds. The zero-order chi connectivity index (χ0) is 30.9. The van der Waals surface area contributed by atoms with Gasteiger partial charge < -0.3 is 10.2 Å². The second-order valence-corrected chi connectivity index (χ2v) is 13.8. The van der Waals surface area contributed by atoms with Gasteiger partial charge in [0.1, 0.15) is 10.8 Å². The number of anilines is 2. The quantitative estimate of drug-likeness (QED) is 0.178. The molecule has 7 nitrogen and oxygen atoms in total. The number of thioether (sulfide) groups is 1. The smallest absolute Gasteiger partial charge is 0.325 e. The number of nitrogens with zero attached hydrogens (tertiary/aromatic N) is 1. The van der Waals surface area contributed by atoms with Crippen molar-refractivity contribution >= 4 is 49.9 Å². The van der Waals surface area contributed by atoms with Crippen LogP contribution in [0.1, 0.15) is 50.9 Å². The van der Waals surface area contributed by atoms with Gasteiger partial charge in [0.05, 0.1) is 15.5 Å². The molecule has 3 aromatic rings. The van der Waals surface area contributed by atoms with Gasteiger partial charge in [0.2, 0.25) is 0 Å². The first-order chi connectivity index (χ1) is 19.9. The highest BCUT2D eigenvalue weighted by Crippen LogP contribution is 2.34. The second-order valence-electron chi connectivity index (χ2n) is 9.44. The van der Waals surface area contributed by atoms with Crippen LogP contribution >= 0.6 is 11.8 Å². The third-order valence-electron chi connectivity index (χ3n) is 6.68. The molecule has 0 saturated heterocycles. The predicted molar refractivity (Wildman–Crippen MR) is 168 cm³/mol. The summed E-state index contributed by atoms with van der Waals surface area (Å²) >= 11 is 1.58. The summed E-state index contributed by atoms with van der Waals surface area (Å²) in [7, 11) is -7.32. The summed E-state index contributed by atoms with van der Waals surface area (Å²) in [5.41, 5.74) is 1.16. The number of hydrogen-bond donors (Lipinski definition) is 2. The third-order valence-corrected chi connectivity index (χ3v) is 10.7. The van der Waals surface area contributed by atoms with Gasteiger partial charge in [0.15, 0.2) is 0 Å². The van der Waals surface area contributed by atoms with Crippen LogP contribution in [-0.4, -0.2) is 48.7 Å². The van der Waals surface area contributed by atoms with E-state index in [-0.39, 0.29) is 22.2 Å². The Hall–Kier alpha value is -2.96. The normalized spacial score (nSPS) is 13.3. The van der Waals surface area contributed by atoms with Gasteiger partial charge in [0, 0.05) is 47.5 Å². The standard InChI is InChI=1S/C30H37F2N3O4S3/c1-5-23(21-40-25-12-10-9-11-13-25)33-27-19-18-26(20-28(27)41(37)30(31,32)6-2)42(38,39)34-29(36)22-14-16-24(17-15-22)35(7-3)8-4/h9-20,23,33H,5-8,21H2,1-4H3,(H,34,36). The van der Waals surface area contributed by atoms with Crippen LogP contribution in [0.5, 0.6) is 0 Å². The van der Waals surface area contributed by atoms with Crippen molar-refractivity contribution in [2.24, 2.45) is 0 Å². The Morgan fingerprint density at radius 2 is 1.62 bits per heavy atom. The first-order valence-corrected chi connectivity index (χ1v) is 17.4. The van der Waals surface area contributed by atoms with Crippen molar-refractivity contribution in [1.82, 2.24) is 4.72 Å². The molecule has 3 rings (SSSR count). The Morgan fingerprint density at radius 1 is 0.976 bits per heavy atom. The summed E-state index contributed by atoms with van der Waals surface area (Å²) in [6.45, 7) is 8.69. The van der Waals surface area contributed by atoms with Crippen molar-refractivity contribution in [1.29, 1.82) is 0 Å². The Bertz CT molecular complexity index is 1470. The van der Waals surface area contributed by atoms with Crippen LogP contribution in [0.15, 0.2) is 87.5 Å². The zero-order valence-corrected chi connectivity index (χ0v) is 26.6. The van der Waals surface area contributed by atoms with Crippen LogP contribution in [-0.2, 0) is 20.8 Å². The molecule has 0 radical (unpaired) electrons. The fraction of sp³-hybridized carbons (Fsp3) is 0.367. The minimum Gasteiger partial charge on any atom is -0.380 e. The van der Waals surface area contributed by atoms with E-state index in [1.54, 1.807) is 23.9 Å². The van der Waals surface area contributed by atoms with Crippen molar-refractivity contribution in [3.63, 3.8) is 0 Å². The fourth-order valence-corrected chi connectivity index (χ4v) is 7.36. The topological polar surface area (TPSA) is 95.6 Å². The van der Waals surface area contributed by atoms with Gasteiger partial charge in [-0.15, -0.1) is 11.8 Å². The van der Waals surface area contributed by atoms with E-state index in [0.29, 0.717) is 12.2 Å². The van der Waals surface area contributed by atoms with Crippen molar-refractivity contribution in [2.45, 2.75) is 66.5 Å². The zero-order valence-electron chi connectivity index (χ0n) is 24.1. The van der Waals surface area contributed by atoms with Crippen LogP contribution in [0.3, 0.4) is 0 Å². The summed E-state index contributed by atoms with van der Waals surface area (Å²) in [5.74, 6) is -0.270. The van der Waals surface area contributed by atoms with Gasteiger partial charge in [-0.3, -0.25) is 4.79 Å². The molecule has 0 aromatic heterocycles. The number of sulfonamides is 1. The minimum atomic E-state index is -4.47. The first-order valence-electron chi connectivity index (χ1n) is 13.8. The third kappa shape index (κ3) is 8.54. The lowest BCUT2D eigenvalue weighted by Crippen LogP contribution is -2.31. The SMILES string of the molecule is CCC(CSc1ccccc1)Nc1ccc(S(=O)(=O)NC(=O)c2ccc(N(CC)CC)cc2)cc1S(=O)C(F)(F)CC. The van der Waals surface area contributed by atoms with Gasteiger partial charge >= 0.3 is 5.25 Å². The van der Waals surface area contributed by atoms with Gasteiger partial charge in [-0.2, -0.15) is 8.78 Å². The predicted octanol–water partition coefficient (Wildman–Crippen LogP) is 6.74. The highest BCUT2D eigenvalue weighted by atomic mass is 32.2. The Morgan fingerprint density at radius 3 is 2.19 bits per heavy atom. The van der Waals surface area contributed by atoms with Crippen molar-refractivity contribution in [3.8, 4) is 0 Å². The lowest BCUT2D eigenvalue weighted by Gasteiger charge is -2.22. The molecular formula is C30H37F2N3O4S3. The molecule has 12 heteroatoms. The number of nitrogens with one attached hydrogen (secondary N) is 2. The number of amides is 1. The average molecular weight is 638 g/mol. The molecular weight excluding hydrogens is 601 g/mol. The summed E-state index contributed by atoms with van der Waals surface area (Å²) in [4.78, 5) is 15.2. The highest BCUT2D eigenvalue weighted by Gasteiger charge is 2.38. The summed E-state index contributed by atoms with van der Waals surface area (Å²) in [6, 6.07) is 19.5. The van der Waals surface area contributed by atoms with Crippen LogP contribution in [0.4, 0.5) is 20.2 Å². The van der Waals surface area contributed by atoms with E-state index >= 15 is 0 Å². The summed E-state index contributed by atoms with van der Waals surface area (Å²) < 4.78 is 70.7. The van der Waals surface area contributed by atoms with E-state index in [4.69, 9.17) is 0 Å². The number of rotatable bonds is 15. The molecule has 0 fully saturated rings. The molecule has 2 atom stereocenters. The van der Waals surface area contributed by atoms with Crippen molar-refractivity contribution < 1.29 is 26.2 Å². The number of benzene rings is 3. The minimum absolute atomic E-state index is 0.121. The molecule has 2 N–H and O–H groups in total. The number of hydrogen-bond acceptors (Lipinski definition) is 7. The van der Waals surface area contributed by atoms with Crippen LogP contribution < -0.4 is 14.9 Å². The lowest BCUT2D eigenvalue weighted by molar-refractivity contribution is 0.0945. The van der Waals surface area contributed by atoms with E-state index in [1.165, 1.54) is 31.2 Å². The van der Waals surface area contributed by atoms with Gasteiger partial charge in [-0.25, -0.2) is 17.3 Å². The van der Waals surface area contributed by atoms with Gasteiger partial charge in [-0.1, -0.05) is 32.0 Å². The van der Waals surface area contributed by atoms with Crippen LogP contribution in [0.25, 0.3) is 0 Å².